The quantitative estimate of drug-likeness (QED) is 0.862. The summed E-state index contributed by atoms with van der Waals surface area (Å²) in [5.41, 5.74) is 0. The average Bonchev–Trinajstić information content (AvgIpc) is 2.42. The van der Waals surface area contributed by atoms with Gasteiger partial charge in [-0.3, -0.25) is 0 Å². The molecule has 1 aromatic carbocycles. The van der Waals surface area contributed by atoms with Crippen LogP contribution in [0.3, 0.4) is 0 Å². The Morgan fingerprint density at radius 1 is 1.16 bits per heavy atom. The predicted octanol–water partition coefficient (Wildman–Crippen LogP) is 3.84. The molecule has 0 fully saturated rings. The van der Waals surface area contributed by atoms with Gasteiger partial charge in [0.1, 0.15) is 11.5 Å². The molecule has 1 aromatic heterocycles. The summed E-state index contributed by atoms with van der Waals surface area (Å²) >= 11 is 6.84. The van der Waals surface area contributed by atoms with Crippen molar-refractivity contribution in [2.24, 2.45) is 0 Å². The van der Waals surface area contributed by atoms with Gasteiger partial charge in [-0.1, -0.05) is 0 Å². The fourth-order valence-electron chi connectivity index (χ4n) is 1.38. The van der Waals surface area contributed by atoms with E-state index in [0.717, 1.165) is 14.7 Å². The third kappa shape index (κ3) is 3.36. The average molecular weight is 389 g/mol. The van der Waals surface area contributed by atoms with E-state index < -0.39 is 0 Å². The van der Waals surface area contributed by atoms with Crippen LogP contribution in [0.2, 0.25) is 0 Å². The minimum atomic E-state index is 0.456. The lowest BCUT2D eigenvalue weighted by molar-refractivity contribution is 0.408. The molecule has 19 heavy (non-hydrogen) atoms. The molecule has 0 spiro atoms. The molecule has 0 aliphatic heterocycles. The van der Waals surface area contributed by atoms with Crippen molar-refractivity contribution < 1.29 is 9.47 Å². The second kappa shape index (κ2) is 6.21. The summed E-state index contributed by atoms with van der Waals surface area (Å²) in [5, 5.41) is 2.85. The van der Waals surface area contributed by atoms with E-state index in [1.807, 2.05) is 12.1 Å². The smallest absolute Gasteiger partial charge is 0.225 e. The van der Waals surface area contributed by atoms with E-state index in [2.05, 4.69) is 47.1 Å². The van der Waals surface area contributed by atoms with Crippen LogP contribution in [0.25, 0.3) is 0 Å². The number of hydrogen-bond acceptors (Lipinski definition) is 5. The molecule has 0 aliphatic carbocycles. The molecular weight excluding hydrogens is 378 g/mol. The van der Waals surface area contributed by atoms with Gasteiger partial charge in [-0.15, -0.1) is 0 Å². The van der Waals surface area contributed by atoms with Crippen LogP contribution in [0.4, 0.5) is 5.95 Å². The zero-order chi connectivity index (χ0) is 13.8. The number of rotatable bonds is 4. The lowest BCUT2D eigenvalue weighted by Gasteiger charge is -2.10. The Morgan fingerprint density at radius 3 is 2.53 bits per heavy atom. The van der Waals surface area contributed by atoms with Crippen LogP contribution in [-0.2, 0) is 0 Å². The SMILES string of the molecule is CNc1nccc(Oc2cc(Br)c(OC)cc2Br)n1. The maximum Gasteiger partial charge on any atom is 0.225 e. The van der Waals surface area contributed by atoms with Crippen LogP contribution >= 0.6 is 31.9 Å². The van der Waals surface area contributed by atoms with Gasteiger partial charge in [0.25, 0.3) is 0 Å². The number of anilines is 1. The van der Waals surface area contributed by atoms with E-state index in [-0.39, 0.29) is 0 Å². The van der Waals surface area contributed by atoms with Crippen LogP contribution in [0, 0.1) is 0 Å². The third-order valence-corrected chi connectivity index (χ3v) is 3.51. The predicted molar refractivity (Wildman–Crippen MR) is 80.0 cm³/mol. The van der Waals surface area contributed by atoms with Crippen molar-refractivity contribution in [2.45, 2.75) is 0 Å². The monoisotopic (exact) mass is 387 g/mol. The van der Waals surface area contributed by atoms with Crippen molar-refractivity contribution >= 4 is 37.8 Å². The minimum absolute atomic E-state index is 0.456. The molecule has 0 saturated carbocycles. The summed E-state index contributed by atoms with van der Waals surface area (Å²) in [5.74, 6) is 2.31. The lowest BCUT2D eigenvalue weighted by atomic mass is 10.3. The van der Waals surface area contributed by atoms with Gasteiger partial charge in [0.15, 0.2) is 0 Å². The van der Waals surface area contributed by atoms with Gasteiger partial charge in [0.05, 0.1) is 16.1 Å². The van der Waals surface area contributed by atoms with Gasteiger partial charge in [-0.05, 0) is 44.0 Å². The van der Waals surface area contributed by atoms with Crippen LogP contribution in [0.5, 0.6) is 17.4 Å². The minimum Gasteiger partial charge on any atom is -0.496 e. The molecule has 0 radical (unpaired) electrons. The molecule has 1 heterocycles. The molecule has 7 heteroatoms. The molecular formula is C12H11Br2N3O2. The largest absolute Gasteiger partial charge is 0.496 e. The Kier molecular flexibility index (Phi) is 4.60. The summed E-state index contributed by atoms with van der Waals surface area (Å²) in [4.78, 5) is 8.21. The van der Waals surface area contributed by atoms with Gasteiger partial charge in [0.2, 0.25) is 11.8 Å². The number of ether oxygens (including phenoxy) is 2. The Balaban J connectivity index is 2.30. The van der Waals surface area contributed by atoms with Gasteiger partial charge < -0.3 is 14.8 Å². The number of benzene rings is 1. The van der Waals surface area contributed by atoms with Gasteiger partial charge >= 0.3 is 0 Å². The van der Waals surface area contributed by atoms with Crippen molar-refractivity contribution in [1.82, 2.24) is 9.97 Å². The Bertz CT molecular complexity index is 593. The molecule has 0 atom stereocenters. The summed E-state index contributed by atoms with van der Waals surface area (Å²) in [6.45, 7) is 0. The van der Waals surface area contributed by atoms with E-state index >= 15 is 0 Å². The highest BCUT2D eigenvalue weighted by atomic mass is 79.9. The molecule has 2 rings (SSSR count). The van der Waals surface area contributed by atoms with Crippen LogP contribution in [-0.4, -0.2) is 24.1 Å². The molecule has 0 amide bonds. The Morgan fingerprint density at radius 2 is 1.84 bits per heavy atom. The highest BCUT2D eigenvalue weighted by Gasteiger charge is 2.10. The van der Waals surface area contributed by atoms with E-state index in [4.69, 9.17) is 9.47 Å². The fraction of sp³-hybridized carbons (Fsp3) is 0.167. The molecule has 0 bridgehead atoms. The Hall–Kier alpha value is -1.34. The van der Waals surface area contributed by atoms with Crippen molar-refractivity contribution in [3.05, 3.63) is 33.3 Å². The van der Waals surface area contributed by atoms with E-state index in [1.54, 1.807) is 26.4 Å². The number of hydrogen-bond donors (Lipinski definition) is 1. The van der Waals surface area contributed by atoms with Gasteiger partial charge in [0, 0.05) is 19.3 Å². The molecule has 0 aliphatic rings. The molecule has 0 saturated heterocycles. The van der Waals surface area contributed by atoms with Crippen LogP contribution in [0.15, 0.2) is 33.3 Å². The fourth-order valence-corrected chi connectivity index (χ4v) is 2.26. The van der Waals surface area contributed by atoms with Crippen molar-refractivity contribution in [3.63, 3.8) is 0 Å². The second-order valence-electron chi connectivity index (χ2n) is 3.49. The molecule has 1 N–H and O–H groups in total. The molecule has 2 aromatic rings. The highest BCUT2D eigenvalue weighted by molar-refractivity contribution is 9.11. The first-order chi connectivity index (χ1) is 9.13. The zero-order valence-corrected chi connectivity index (χ0v) is 13.4. The number of methoxy groups -OCH3 is 1. The third-order valence-electron chi connectivity index (χ3n) is 2.27. The van der Waals surface area contributed by atoms with Crippen molar-refractivity contribution in [1.29, 1.82) is 0 Å². The van der Waals surface area contributed by atoms with E-state index in [9.17, 15) is 0 Å². The first-order valence-electron chi connectivity index (χ1n) is 5.35. The molecule has 0 unspecified atom stereocenters. The first kappa shape index (κ1) is 14.1. The lowest BCUT2D eigenvalue weighted by Crippen LogP contribution is -1.97. The first-order valence-corrected chi connectivity index (χ1v) is 6.94. The van der Waals surface area contributed by atoms with Crippen LogP contribution in [0.1, 0.15) is 0 Å². The summed E-state index contributed by atoms with van der Waals surface area (Å²) in [6, 6.07) is 5.31. The number of halogens is 2. The summed E-state index contributed by atoms with van der Waals surface area (Å²) in [6.07, 6.45) is 1.63. The highest BCUT2D eigenvalue weighted by Crippen LogP contribution is 2.37. The number of nitrogens with zero attached hydrogens (tertiary/aromatic N) is 2. The zero-order valence-electron chi connectivity index (χ0n) is 10.3. The summed E-state index contributed by atoms with van der Waals surface area (Å²) in [7, 11) is 3.36. The van der Waals surface area contributed by atoms with Crippen molar-refractivity contribution in [3.8, 4) is 17.4 Å². The summed E-state index contributed by atoms with van der Waals surface area (Å²) < 4.78 is 12.5. The van der Waals surface area contributed by atoms with E-state index in [0.29, 0.717) is 17.6 Å². The topological polar surface area (TPSA) is 56.3 Å². The maximum absolute atomic E-state index is 5.71. The van der Waals surface area contributed by atoms with Gasteiger partial charge in [-0.2, -0.15) is 4.98 Å². The van der Waals surface area contributed by atoms with Crippen LogP contribution < -0.4 is 14.8 Å². The molecule has 5 nitrogen and oxygen atoms in total. The Labute approximate surface area is 127 Å². The second-order valence-corrected chi connectivity index (χ2v) is 5.20. The number of aromatic nitrogens is 2. The standard InChI is InChI=1S/C12H11Br2N3O2/c1-15-12-16-4-3-11(17-12)19-10-6-7(13)9(18-2)5-8(10)14/h3-6H,1-2H3,(H,15,16,17). The number of nitrogens with one attached hydrogen (secondary N) is 1. The molecule has 100 valence electrons. The van der Waals surface area contributed by atoms with Crippen molar-refractivity contribution in [2.75, 3.05) is 19.5 Å². The van der Waals surface area contributed by atoms with E-state index in [1.165, 1.54) is 0 Å². The maximum atomic E-state index is 5.71. The van der Waals surface area contributed by atoms with Gasteiger partial charge in [-0.25, -0.2) is 4.98 Å². The normalized spacial score (nSPS) is 10.1.